The molecule has 0 fully saturated rings. The lowest BCUT2D eigenvalue weighted by Gasteiger charge is -2.17. The van der Waals surface area contributed by atoms with E-state index in [-0.39, 0.29) is 24.8 Å². The molecule has 2 rings (SSSR count). The lowest BCUT2D eigenvalue weighted by molar-refractivity contribution is -0.122. The van der Waals surface area contributed by atoms with Crippen LogP contribution in [-0.2, 0) is 17.9 Å². The molecule has 1 amide bonds. The third-order valence-electron chi connectivity index (χ3n) is 3.58. The average molecular weight is 336 g/mol. The minimum Gasteiger partial charge on any atom is -0.351 e. The zero-order valence-electron chi connectivity index (χ0n) is 13.6. The summed E-state index contributed by atoms with van der Waals surface area (Å²) in [6.07, 6.45) is 0. The smallest absolute Gasteiger partial charge is 0.234 e. The van der Waals surface area contributed by atoms with Gasteiger partial charge in [0, 0.05) is 24.7 Å². The van der Waals surface area contributed by atoms with Crippen LogP contribution in [0.15, 0.2) is 36.4 Å². The number of amides is 1. The molecule has 0 aliphatic carbocycles. The maximum Gasteiger partial charge on any atom is 0.234 e. The van der Waals surface area contributed by atoms with Crippen LogP contribution in [0.3, 0.4) is 0 Å². The molecule has 0 aromatic heterocycles. The quantitative estimate of drug-likeness (QED) is 0.879. The van der Waals surface area contributed by atoms with E-state index in [0.717, 1.165) is 11.6 Å². The number of aryl methyl sites for hydroxylation is 1. The molecule has 0 bridgehead atoms. The average Bonchev–Trinajstić information content (AvgIpc) is 2.51. The summed E-state index contributed by atoms with van der Waals surface area (Å²) in [5, 5.41) is 2.73. The Balaban J connectivity index is 1.83. The number of nitrogens with zero attached hydrogens (tertiary/aromatic N) is 1. The summed E-state index contributed by atoms with van der Waals surface area (Å²) in [6.45, 7) is 2.20. The molecule has 24 heavy (non-hydrogen) atoms. The van der Waals surface area contributed by atoms with Crippen LogP contribution in [0.2, 0.25) is 0 Å². The highest BCUT2D eigenvalue weighted by atomic mass is 19.1. The van der Waals surface area contributed by atoms with E-state index in [2.05, 4.69) is 5.32 Å². The molecule has 2 aromatic carbocycles. The molecule has 0 aliphatic rings. The van der Waals surface area contributed by atoms with Crippen LogP contribution >= 0.6 is 0 Å². The molecule has 0 radical (unpaired) electrons. The largest absolute Gasteiger partial charge is 0.351 e. The monoisotopic (exact) mass is 336 g/mol. The van der Waals surface area contributed by atoms with Gasteiger partial charge in [-0.1, -0.05) is 18.2 Å². The van der Waals surface area contributed by atoms with Crippen molar-refractivity contribution in [2.45, 2.75) is 20.0 Å². The first-order valence-electron chi connectivity index (χ1n) is 7.49. The molecule has 0 atom stereocenters. The minimum atomic E-state index is -0.635. The molecule has 128 valence electrons. The van der Waals surface area contributed by atoms with E-state index in [1.54, 1.807) is 31.0 Å². The molecule has 0 aliphatic heterocycles. The van der Waals surface area contributed by atoms with Gasteiger partial charge in [-0.15, -0.1) is 0 Å². The molecule has 0 heterocycles. The van der Waals surface area contributed by atoms with Gasteiger partial charge in [0.05, 0.1) is 6.54 Å². The van der Waals surface area contributed by atoms with Crippen LogP contribution in [0.4, 0.5) is 13.2 Å². The van der Waals surface area contributed by atoms with E-state index in [1.165, 1.54) is 18.2 Å². The van der Waals surface area contributed by atoms with Crippen LogP contribution in [-0.4, -0.2) is 24.4 Å². The fourth-order valence-corrected chi connectivity index (χ4v) is 2.32. The minimum absolute atomic E-state index is 0.0665. The Morgan fingerprint density at radius 1 is 1.08 bits per heavy atom. The summed E-state index contributed by atoms with van der Waals surface area (Å²) in [5.41, 5.74) is 1.64. The standard InChI is InChI=1S/C18H19F3N2O/c1-12-7-13(3-6-16(12)20)9-22-18(24)11-23(2)10-14-4-5-15(19)8-17(14)21/h3-8H,9-11H2,1-2H3,(H,22,24). The van der Waals surface area contributed by atoms with Crippen molar-refractivity contribution in [1.82, 2.24) is 10.2 Å². The van der Waals surface area contributed by atoms with Gasteiger partial charge in [0.1, 0.15) is 17.5 Å². The van der Waals surface area contributed by atoms with Gasteiger partial charge in [-0.3, -0.25) is 9.69 Å². The predicted molar refractivity (Wildman–Crippen MR) is 85.7 cm³/mol. The fourth-order valence-electron chi connectivity index (χ4n) is 2.32. The Kier molecular flexibility index (Phi) is 5.98. The summed E-state index contributed by atoms with van der Waals surface area (Å²) in [4.78, 5) is 13.6. The number of likely N-dealkylation sites (N-methyl/N-ethyl adjacent to an activating group) is 1. The van der Waals surface area contributed by atoms with Crippen molar-refractivity contribution in [3.63, 3.8) is 0 Å². The first-order chi connectivity index (χ1) is 11.3. The Hall–Kier alpha value is -2.34. The van der Waals surface area contributed by atoms with Crippen LogP contribution in [0.5, 0.6) is 0 Å². The number of benzene rings is 2. The summed E-state index contributed by atoms with van der Waals surface area (Å²) >= 11 is 0. The van der Waals surface area contributed by atoms with Crippen molar-refractivity contribution in [3.8, 4) is 0 Å². The molecule has 0 spiro atoms. The molecule has 0 saturated carbocycles. The number of hydrogen-bond acceptors (Lipinski definition) is 2. The van der Waals surface area contributed by atoms with E-state index >= 15 is 0 Å². The van der Waals surface area contributed by atoms with E-state index in [4.69, 9.17) is 0 Å². The highest BCUT2D eigenvalue weighted by Crippen LogP contribution is 2.11. The Morgan fingerprint density at radius 2 is 1.83 bits per heavy atom. The molecule has 0 unspecified atom stereocenters. The summed E-state index contributed by atoms with van der Waals surface area (Å²) in [7, 11) is 1.67. The van der Waals surface area contributed by atoms with Crippen LogP contribution in [0, 0.1) is 24.4 Å². The van der Waals surface area contributed by atoms with Crippen LogP contribution in [0.1, 0.15) is 16.7 Å². The van der Waals surface area contributed by atoms with Crippen molar-refractivity contribution in [1.29, 1.82) is 0 Å². The van der Waals surface area contributed by atoms with E-state index < -0.39 is 11.6 Å². The number of carbonyl (C=O) groups is 1. The highest BCUT2D eigenvalue weighted by Gasteiger charge is 2.10. The molecule has 2 aromatic rings. The second-order valence-corrected chi connectivity index (χ2v) is 5.77. The van der Waals surface area contributed by atoms with Gasteiger partial charge in [0.2, 0.25) is 5.91 Å². The number of halogens is 3. The molecule has 6 heteroatoms. The lowest BCUT2D eigenvalue weighted by atomic mass is 10.1. The maximum absolute atomic E-state index is 13.6. The number of hydrogen-bond donors (Lipinski definition) is 1. The van der Waals surface area contributed by atoms with Gasteiger partial charge in [-0.05, 0) is 37.2 Å². The third kappa shape index (κ3) is 5.09. The molecule has 3 nitrogen and oxygen atoms in total. The van der Waals surface area contributed by atoms with Crippen molar-refractivity contribution in [3.05, 3.63) is 70.5 Å². The highest BCUT2D eigenvalue weighted by molar-refractivity contribution is 5.77. The van der Waals surface area contributed by atoms with E-state index in [0.29, 0.717) is 17.7 Å². The second-order valence-electron chi connectivity index (χ2n) is 5.77. The topological polar surface area (TPSA) is 32.3 Å². The molecular formula is C18H19F3N2O. The number of rotatable bonds is 6. The Morgan fingerprint density at radius 3 is 2.50 bits per heavy atom. The van der Waals surface area contributed by atoms with Gasteiger partial charge in [0.15, 0.2) is 0 Å². The fraction of sp³-hybridized carbons (Fsp3) is 0.278. The SMILES string of the molecule is Cc1cc(CNC(=O)CN(C)Cc2ccc(F)cc2F)ccc1F. The van der Waals surface area contributed by atoms with Crippen molar-refractivity contribution in [2.24, 2.45) is 0 Å². The lowest BCUT2D eigenvalue weighted by Crippen LogP contribution is -2.34. The first-order valence-corrected chi connectivity index (χ1v) is 7.49. The normalized spacial score (nSPS) is 10.9. The van der Waals surface area contributed by atoms with Crippen LogP contribution < -0.4 is 5.32 Å². The zero-order chi connectivity index (χ0) is 17.7. The molecule has 1 N–H and O–H groups in total. The Bertz CT molecular complexity index is 734. The van der Waals surface area contributed by atoms with Crippen LogP contribution in [0.25, 0.3) is 0 Å². The van der Waals surface area contributed by atoms with E-state index in [9.17, 15) is 18.0 Å². The summed E-state index contributed by atoms with van der Waals surface area (Å²) in [5.74, 6) is -1.79. The van der Waals surface area contributed by atoms with E-state index in [1.807, 2.05) is 0 Å². The zero-order valence-corrected chi connectivity index (χ0v) is 13.6. The van der Waals surface area contributed by atoms with Crippen molar-refractivity contribution < 1.29 is 18.0 Å². The van der Waals surface area contributed by atoms with Gasteiger partial charge in [0.25, 0.3) is 0 Å². The first kappa shape index (κ1) is 18.0. The third-order valence-corrected chi connectivity index (χ3v) is 3.58. The van der Waals surface area contributed by atoms with Gasteiger partial charge in [-0.2, -0.15) is 0 Å². The van der Waals surface area contributed by atoms with Gasteiger partial charge in [-0.25, -0.2) is 13.2 Å². The van der Waals surface area contributed by atoms with Gasteiger partial charge >= 0.3 is 0 Å². The van der Waals surface area contributed by atoms with Gasteiger partial charge < -0.3 is 5.32 Å². The van der Waals surface area contributed by atoms with Crippen molar-refractivity contribution in [2.75, 3.05) is 13.6 Å². The second kappa shape index (κ2) is 7.97. The Labute approximate surface area is 139 Å². The number of nitrogens with one attached hydrogen (secondary N) is 1. The number of carbonyl (C=O) groups excluding carboxylic acids is 1. The molecule has 0 saturated heterocycles. The predicted octanol–water partition coefficient (Wildman–Crippen LogP) is 3.16. The molecular weight excluding hydrogens is 317 g/mol. The maximum atomic E-state index is 13.6. The van der Waals surface area contributed by atoms with Crippen molar-refractivity contribution >= 4 is 5.91 Å². The summed E-state index contributed by atoms with van der Waals surface area (Å²) in [6, 6.07) is 8.01. The summed E-state index contributed by atoms with van der Waals surface area (Å²) < 4.78 is 39.6.